The molecule has 0 saturated heterocycles. The Balaban J connectivity index is 1.03. The zero-order chi connectivity index (χ0) is 29.0. The first kappa shape index (κ1) is 30.4. The van der Waals surface area contributed by atoms with Crippen LogP contribution in [0.3, 0.4) is 0 Å². The topological polar surface area (TPSA) is 119 Å². The van der Waals surface area contributed by atoms with Crippen LogP contribution < -0.4 is 21.2 Å². The van der Waals surface area contributed by atoms with Crippen LogP contribution in [0.2, 0.25) is 0 Å². The second-order valence-electron chi connectivity index (χ2n) is 10.3. The van der Waals surface area contributed by atoms with Crippen LogP contribution in [0.5, 0.6) is 0 Å². The summed E-state index contributed by atoms with van der Waals surface area (Å²) in [7, 11) is 0. The fraction of sp³-hybridized carbons (Fsp3) is 0.581. The molecule has 3 atom stereocenters. The average molecular weight is 568 g/mol. The Kier molecular flexibility index (Phi) is 11.5. The van der Waals surface area contributed by atoms with Crippen molar-refractivity contribution < 1.29 is 28.2 Å². The highest BCUT2D eigenvalue weighted by atomic mass is 16.6. The Bertz CT molecular complexity index is 1280. The number of fused-ring (bicyclic) bond motifs is 2. The van der Waals surface area contributed by atoms with E-state index in [0.717, 1.165) is 44.5 Å². The average Bonchev–Trinajstić information content (AvgIpc) is 3.61. The number of alkyl carbamates (subject to hydrolysis) is 1. The van der Waals surface area contributed by atoms with Crippen molar-refractivity contribution in [1.82, 2.24) is 10.6 Å². The monoisotopic (exact) mass is 567 g/mol. The number of nitrogens with one attached hydrogen (secondary N) is 2. The van der Waals surface area contributed by atoms with Crippen LogP contribution in [0.1, 0.15) is 49.9 Å². The minimum atomic E-state index is -0.676. The van der Waals surface area contributed by atoms with E-state index in [2.05, 4.69) is 41.2 Å². The van der Waals surface area contributed by atoms with Gasteiger partial charge < -0.3 is 34.2 Å². The van der Waals surface area contributed by atoms with Crippen LogP contribution in [0.25, 0.3) is 11.0 Å². The van der Waals surface area contributed by atoms with Gasteiger partial charge in [-0.25, -0.2) is 9.59 Å². The molecule has 1 aromatic carbocycles. The molecule has 1 saturated carbocycles. The number of nitrogens with zero attached hydrogens (tertiary/aromatic N) is 1. The van der Waals surface area contributed by atoms with Gasteiger partial charge in [-0.2, -0.15) is 0 Å². The largest absolute Gasteiger partial charge is 0.449 e. The summed E-state index contributed by atoms with van der Waals surface area (Å²) in [5.74, 6) is 7.64. The molecule has 1 heterocycles. The number of anilines is 1. The number of amides is 2. The Morgan fingerprint density at radius 2 is 1.61 bits per heavy atom. The van der Waals surface area contributed by atoms with Crippen LogP contribution >= 0.6 is 0 Å². The third-order valence-corrected chi connectivity index (χ3v) is 7.76. The van der Waals surface area contributed by atoms with Crippen LogP contribution in [-0.2, 0) is 14.2 Å². The molecule has 0 aliphatic heterocycles. The van der Waals surface area contributed by atoms with Crippen LogP contribution in [0.15, 0.2) is 33.5 Å². The van der Waals surface area contributed by atoms with Crippen molar-refractivity contribution in [3.63, 3.8) is 0 Å². The Labute approximate surface area is 241 Å². The zero-order valence-electron chi connectivity index (χ0n) is 24.0. The van der Waals surface area contributed by atoms with Crippen molar-refractivity contribution in [3.05, 3.63) is 40.2 Å². The number of hydrogen-bond donors (Lipinski definition) is 2. The van der Waals surface area contributed by atoms with E-state index in [1.807, 2.05) is 18.2 Å². The first-order valence-corrected chi connectivity index (χ1v) is 14.6. The van der Waals surface area contributed by atoms with Gasteiger partial charge in [-0.15, -0.1) is 11.8 Å². The standard InChI is InChI=1S/C31H41N3O7/c1-3-34(4-2)23-12-11-22-19-26(30(36)41-28(22)20-23)29(35)32-13-15-38-17-18-39-16-14-33-31(37)40-21-27-24-9-7-5-6-8-10-25(24)27/h11-12,19-20,24-25,27H,3-4,7-10,13-18,21H2,1-2H3,(H,32,35)(H,33,37)/t24-,25+,27?. The molecule has 222 valence electrons. The third kappa shape index (κ3) is 8.72. The highest BCUT2D eigenvalue weighted by Gasteiger charge is 2.49. The molecule has 10 nitrogen and oxygen atoms in total. The van der Waals surface area contributed by atoms with Crippen molar-refractivity contribution >= 4 is 28.7 Å². The Morgan fingerprint density at radius 3 is 2.27 bits per heavy atom. The normalized spacial score (nSPS) is 19.2. The molecule has 2 aliphatic carbocycles. The Hall–Kier alpha value is -3.55. The summed E-state index contributed by atoms with van der Waals surface area (Å²) in [5.41, 5.74) is 0.692. The maximum absolute atomic E-state index is 12.5. The van der Waals surface area contributed by atoms with Gasteiger partial charge in [-0.1, -0.05) is 0 Å². The van der Waals surface area contributed by atoms with Gasteiger partial charge in [0.1, 0.15) is 11.1 Å². The Morgan fingerprint density at radius 1 is 0.951 bits per heavy atom. The quantitative estimate of drug-likeness (QED) is 0.191. The maximum Gasteiger partial charge on any atom is 0.407 e. The molecule has 1 aromatic heterocycles. The molecule has 1 fully saturated rings. The molecule has 41 heavy (non-hydrogen) atoms. The van der Waals surface area contributed by atoms with Gasteiger partial charge in [0.2, 0.25) is 0 Å². The van der Waals surface area contributed by atoms with Gasteiger partial charge in [-0.05, 0) is 62.6 Å². The number of carbonyl (C=O) groups is 2. The number of carbonyl (C=O) groups excluding carboxylic acids is 2. The predicted octanol–water partition coefficient (Wildman–Crippen LogP) is 3.57. The lowest BCUT2D eigenvalue weighted by atomic mass is 10.1. The summed E-state index contributed by atoms with van der Waals surface area (Å²) >= 11 is 0. The van der Waals surface area contributed by atoms with Crippen molar-refractivity contribution in [2.45, 2.75) is 39.5 Å². The molecule has 10 heteroatoms. The van der Waals surface area contributed by atoms with Crippen LogP contribution in [-0.4, -0.2) is 71.2 Å². The van der Waals surface area contributed by atoms with E-state index in [1.165, 1.54) is 0 Å². The van der Waals surface area contributed by atoms with Gasteiger partial charge in [0, 0.05) is 56.2 Å². The van der Waals surface area contributed by atoms with E-state index in [0.29, 0.717) is 61.7 Å². The number of benzene rings is 1. The van der Waals surface area contributed by atoms with E-state index in [1.54, 1.807) is 6.07 Å². The molecular formula is C31H41N3O7. The lowest BCUT2D eigenvalue weighted by Crippen LogP contribution is -2.31. The summed E-state index contributed by atoms with van der Waals surface area (Å²) in [6, 6.07) is 7.17. The molecule has 0 spiro atoms. The highest BCUT2D eigenvalue weighted by Crippen LogP contribution is 2.52. The summed E-state index contributed by atoms with van der Waals surface area (Å²) in [6.07, 6.45) is 3.69. The molecule has 2 aliphatic rings. The molecule has 0 radical (unpaired) electrons. The van der Waals surface area contributed by atoms with Crippen LogP contribution in [0.4, 0.5) is 10.5 Å². The molecule has 2 N–H and O–H groups in total. The fourth-order valence-corrected chi connectivity index (χ4v) is 5.43. The van der Waals surface area contributed by atoms with Crippen LogP contribution in [0, 0.1) is 29.6 Å². The van der Waals surface area contributed by atoms with Crippen molar-refractivity contribution in [3.8, 4) is 11.8 Å². The first-order chi connectivity index (χ1) is 20.0. The van der Waals surface area contributed by atoms with E-state index >= 15 is 0 Å². The SMILES string of the molecule is CCN(CC)c1ccc2cc(C(=O)NCCOCCOCCNC(=O)OCC3[C@H]4CCC#CCC[C@@H]34)c(=O)oc2c1. The predicted molar refractivity (Wildman–Crippen MR) is 156 cm³/mol. The molecule has 4 rings (SSSR count). The molecule has 0 bridgehead atoms. The van der Waals surface area contributed by atoms with Crippen molar-refractivity contribution in [2.75, 3.05) is 64.1 Å². The van der Waals surface area contributed by atoms with Crippen molar-refractivity contribution in [2.24, 2.45) is 17.8 Å². The number of hydrogen-bond acceptors (Lipinski definition) is 8. The second-order valence-corrected chi connectivity index (χ2v) is 10.3. The van der Waals surface area contributed by atoms with Gasteiger partial charge in [0.25, 0.3) is 5.91 Å². The van der Waals surface area contributed by atoms with E-state index < -0.39 is 17.6 Å². The van der Waals surface area contributed by atoms with Gasteiger partial charge in [-0.3, -0.25) is 4.79 Å². The molecule has 2 aromatic rings. The minimum Gasteiger partial charge on any atom is -0.449 e. The molecule has 2 amide bonds. The van der Waals surface area contributed by atoms with E-state index in [-0.39, 0.29) is 18.7 Å². The van der Waals surface area contributed by atoms with E-state index in [4.69, 9.17) is 18.6 Å². The molecule has 1 unspecified atom stereocenters. The number of rotatable bonds is 15. The lowest BCUT2D eigenvalue weighted by Gasteiger charge is -2.21. The third-order valence-electron chi connectivity index (χ3n) is 7.76. The summed E-state index contributed by atoms with van der Waals surface area (Å²) < 4.78 is 21.7. The first-order valence-electron chi connectivity index (χ1n) is 14.6. The smallest absolute Gasteiger partial charge is 0.407 e. The summed E-state index contributed by atoms with van der Waals surface area (Å²) in [5, 5.41) is 6.07. The maximum atomic E-state index is 12.5. The fourth-order valence-electron chi connectivity index (χ4n) is 5.43. The molecular weight excluding hydrogens is 526 g/mol. The summed E-state index contributed by atoms with van der Waals surface area (Å²) in [4.78, 5) is 39.0. The van der Waals surface area contributed by atoms with Gasteiger partial charge in [0.15, 0.2) is 0 Å². The number of ether oxygens (including phenoxy) is 3. The highest BCUT2D eigenvalue weighted by molar-refractivity contribution is 5.97. The second kappa shape index (κ2) is 15.5. The van der Waals surface area contributed by atoms with Gasteiger partial charge >= 0.3 is 11.7 Å². The summed E-state index contributed by atoms with van der Waals surface area (Å²) in [6.45, 7) is 8.15. The zero-order valence-corrected chi connectivity index (χ0v) is 24.0. The van der Waals surface area contributed by atoms with E-state index in [9.17, 15) is 14.4 Å². The lowest BCUT2D eigenvalue weighted by molar-refractivity contribution is 0.0485. The van der Waals surface area contributed by atoms with Crippen molar-refractivity contribution in [1.29, 1.82) is 0 Å². The minimum absolute atomic E-state index is 0.0431. The van der Waals surface area contributed by atoms with Gasteiger partial charge in [0.05, 0.1) is 33.0 Å².